The van der Waals surface area contributed by atoms with Gasteiger partial charge in [-0.3, -0.25) is 19.7 Å². The van der Waals surface area contributed by atoms with Crippen LogP contribution >= 0.6 is 0 Å². The van der Waals surface area contributed by atoms with Crippen LogP contribution in [0.2, 0.25) is 0 Å². The largest absolute Gasteiger partial charge is 0.481 e. The van der Waals surface area contributed by atoms with Gasteiger partial charge in [-0.2, -0.15) is 8.78 Å². The summed E-state index contributed by atoms with van der Waals surface area (Å²) in [6.45, 7) is -3.33. The number of nitro groups is 1. The van der Waals surface area contributed by atoms with E-state index in [0.29, 0.717) is 0 Å². The first kappa shape index (κ1) is 14.5. The fourth-order valence-electron chi connectivity index (χ4n) is 1.45. The maximum Gasteiger partial charge on any atom is 0.387 e. The molecule has 0 fully saturated rings. The van der Waals surface area contributed by atoms with Crippen molar-refractivity contribution < 1.29 is 33.1 Å². The Hall–Kier alpha value is -2.58. The molecule has 0 amide bonds. The third-order valence-electron chi connectivity index (χ3n) is 2.05. The van der Waals surface area contributed by atoms with Crippen LogP contribution in [0.25, 0.3) is 0 Å². The Morgan fingerprint density at radius 1 is 1.53 bits per heavy atom. The number of aliphatic carboxylic acids is 1. The topological polar surface area (TPSA) is 107 Å². The van der Waals surface area contributed by atoms with E-state index in [2.05, 4.69) is 4.74 Å². The number of nitro benzene ring substituents is 1. The summed E-state index contributed by atoms with van der Waals surface area (Å²) in [5.41, 5.74) is -1.48. The second kappa shape index (κ2) is 5.85. The van der Waals surface area contributed by atoms with Crippen molar-refractivity contribution in [2.45, 2.75) is 13.0 Å². The third-order valence-corrected chi connectivity index (χ3v) is 2.05. The van der Waals surface area contributed by atoms with Gasteiger partial charge in [0.05, 0.1) is 11.3 Å². The smallest absolute Gasteiger partial charge is 0.387 e. The number of rotatable bonds is 6. The highest BCUT2D eigenvalue weighted by Crippen LogP contribution is 2.33. The molecule has 0 saturated heterocycles. The number of benzene rings is 1. The quantitative estimate of drug-likeness (QED) is 0.480. The Labute approximate surface area is 104 Å². The van der Waals surface area contributed by atoms with Crippen molar-refractivity contribution in [3.8, 4) is 5.75 Å². The highest BCUT2D eigenvalue weighted by molar-refractivity contribution is 5.80. The van der Waals surface area contributed by atoms with E-state index in [-0.39, 0.29) is 11.8 Å². The number of alkyl halides is 2. The second-order valence-electron chi connectivity index (χ2n) is 3.35. The lowest BCUT2D eigenvalue weighted by molar-refractivity contribution is -0.387. The molecule has 9 heteroatoms. The Balaban J connectivity index is 3.44. The summed E-state index contributed by atoms with van der Waals surface area (Å²) in [6, 6.07) is 1.69. The number of hydrogen-bond donors (Lipinski definition) is 1. The van der Waals surface area contributed by atoms with Crippen LogP contribution < -0.4 is 4.74 Å². The van der Waals surface area contributed by atoms with E-state index in [4.69, 9.17) is 5.11 Å². The van der Waals surface area contributed by atoms with E-state index < -0.39 is 40.9 Å². The first-order chi connectivity index (χ1) is 8.85. The van der Waals surface area contributed by atoms with Gasteiger partial charge in [0, 0.05) is 11.1 Å². The highest BCUT2D eigenvalue weighted by Gasteiger charge is 2.26. The van der Waals surface area contributed by atoms with Crippen LogP contribution in [0.15, 0.2) is 12.1 Å². The van der Waals surface area contributed by atoms with Gasteiger partial charge < -0.3 is 9.84 Å². The van der Waals surface area contributed by atoms with Crippen molar-refractivity contribution in [2.24, 2.45) is 0 Å². The fraction of sp³-hybridized carbons (Fsp3) is 0.200. The standard InChI is InChI=1S/C10H7F2NO6/c11-10(12)19-7-2-5(4-14)1-6(3-8(15)16)9(7)13(17)18/h1-2,4,10H,3H2,(H,15,16). The van der Waals surface area contributed by atoms with Crippen LogP contribution in [0.1, 0.15) is 15.9 Å². The number of carboxylic acid groups (broad SMARTS) is 1. The van der Waals surface area contributed by atoms with Gasteiger partial charge in [-0.15, -0.1) is 0 Å². The van der Waals surface area contributed by atoms with Crippen molar-refractivity contribution >= 4 is 17.9 Å². The molecule has 1 aromatic carbocycles. The molecule has 1 N–H and O–H groups in total. The number of nitrogens with zero attached hydrogens (tertiary/aromatic N) is 1. The van der Waals surface area contributed by atoms with Gasteiger partial charge in [0.25, 0.3) is 0 Å². The van der Waals surface area contributed by atoms with Crippen LogP contribution in [0.4, 0.5) is 14.5 Å². The predicted octanol–water partition coefficient (Wildman–Crippen LogP) is 1.64. The molecule has 0 aliphatic rings. The summed E-state index contributed by atoms with van der Waals surface area (Å²) < 4.78 is 28.2. The van der Waals surface area contributed by atoms with E-state index >= 15 is 0 Å². The molecule has 1 aromatic rings. The van der Waals surface area contributed by atoms with Gasteiger partial charge in [0.15, 0.2) is 0 Å². The van der Waals surface area contributed by atoms with Crippen molar-refractivity contribution in [2.75, 3.05) is 0 Å². The molecule has 0 bridgehead atoms. The summed E-state index contributed by atoms with van der Waals surface area (Å²) in [5, 5.41) is 19.4. The summed E-state index contributed by atoms with van der Waals surface area (Å²) in [7, 11) is 0. The average molecular weight is 275 g/mol. The Morgan fingerprint density at radius 3 is 2.58 bits per heavy atom. The minimum atomic E-state index is -3.33. The molecule has 0 aliphatic heterocycles. The molecule has 102 valence electrons. The molecule has 0 saturated carbocycles. The van der Waals surface area contributed by atoms with E-state index in [9.17, 15) is 28.5 Å². The van der Waals surface area contributed by atoms with Gasteiger partial charge in [0.1, 0.15) is 6.29 Å². The van der Waals surface area contributed by atoms with Gasteiger partial charge in [-0.05, 0) is 12.1 Å². The average Bonchev–Trinajstić information content (AvgIpc) is 2.25. The van der Waals surface area contributed by atoms with Crippen LogP contribution in [-0.4, -0.2) is 28.9 Å². The zero-order chi connectivity index (χ0) is 14.6. The molecule has 0 atom stereocenters. The maximum atomic E-state index is 12.1. The number of carbonyl (C=O) groups is 2. The van der Waals surface area contributed by atoms with Gasteiger partial charge >= 0.3 is 18.3 Å². The third kappa shape index (κ3) is 3.69. The van der Waals surface area contributed by atoms with Crippen LogP contribution in [0.5, 0.6) is 5.75 Å². The molecule has 19 heavy (non-hydrogen) atoms. The minimum Gasteiger partial charge on any atom is -0.481 e. The molecule has 0 aromatic heterocycles. The van der Waals surface area contributed by atoms with Crippen molar-refractivity contribution in [1.29, 1.82) is 0 Å². The Morgan fingerprint density at radius 2 is 2.16 bits per heavy atom. The number of hydrogen-bond acceptors (Lipinski definition) is 5. The zero-order valence-electron chi connectivity index (χ0n) is 9.21. The number of halogens is 2. The normalized spacial score (nSPS) is 10.3. The van der Waals surface area contributed by atoms with Crippen LogP contribution in [0, 0.1) is 10.1 Å². The second-order valence-corrected chi connectivity index (χ2v) is 3.35. The number of carboxylic acids is 1. The Bertz CT molecular complexity index is 531. The summed E-state index contributed by atoms with van der Waals surface area (Å²) >= 11 is 0. The molecule has 0 aliphatic carbocycles. The molecule has 0 spiro atoms. The number of carbonyl (C=O) groups excluding carboxylic acids is 1. The van der Waals surface area contributed by atoms with Gasteiger partial charge in [-0.25, -0.2) is 0 Å². The van der Waals surface area contributed by atoms with E-state index in [1.54, 1.807) is 0 Å². The molecule has 0 heterocycles. The van der Waals surface area contributed by atoms with Gasteiger partial charge in [-0.1, -0.05) is 0 Å². The SMILES string of the molecule is O=Cc1cc(CC(=O)O)c([N+](=O)[O-])c(OC(F)F)c1. The Kier molecular flexibility index (Phi) is 4.46. The van der Waals surface area contributed by atoms with Crippen molar-refractivity contribution in [3.63, 3.8) is 0 Å². The van der Waals surface area contributed by atoms with Crippen molar-refractivity contribution in [3.05, 3.63) is 33.4 Å². The molecule has 7 nitrogen and oxygen atoms in total. The molecule has 0 radical (unpaired) electrons. The lowest BCUT2D eigenvalue weighted by atomic mass is 10.1. The lowest BCUT2D eigenvalue weighted by Crippen LogP contribution is -2.09. The summed E-state index contributed by atoms with van der Waals surface area (Å²) in [5.74, 6) is -2.25. The summed E-state index contributed by atoms with van der Waals surface area (Å²) in [4.78, 5) is 30.9. The first-order valence-electron chi connectivity index (χ1n) is 4.78. The lowest BCUT2D eigenvalue weighted by Gasteiger charge is -2.09. The highest BCUT2D eigenvalue weighted by atomic mass is 19.3. The first-order valence-corrected chi connectivity index (χ1v) is 4.78. The summed E-state index contributed by atoms with van der Waals surface area (Å²) in [6.07, 6.45) is -0.551. The predicted molar refractivity (Wildman–Crippen MR) is 56.5 cm³/mol. The fourth-order valence-corrected chi connectivity index (χ4v) is 1.45. The molecular weight excluding hydrogens is 268 g/mol. The maximum absolute atomic E-state index is 12.1. The molecular formula is C10H7F2NO6. The monoisotopic (exact) mass is 275 g/mol. The van der Waals surface area contributed by atoms with E-state index in [1.165, 1.54) is 0 Å². The van der Waals surface area contributed by atoms with E-state index in [0.717, 1.165) is 12.1 Å². The minimum absolute atomic E-state index is 0.197. The molecule has 1 rings (SSSR count). The van der Waals surface area contributed by atoms with Crippen LogP contribution in [-0.2, 0) is 11.2 Å². The van der Waals surface area contributed by atoms with Gasteiger partial charge in [0.2, 0.25) is 5.75 Å². The molecule has 0 unspecified atom stereocenters. The van der Waals surface area contributed by atoms with Crippen LogP contribution in [0.3, 0.4) is 0 Å². The number of ether oxygens (including phenoxy) is 1. The van der Waals surface area contributed by atoms with Crippen molar-refractivity contribution in [1.82, 2.24) is 0 Å². The zero-order valence-corrected chi connectivity index (χ0v) is 9.21. The van der Waals surface area contributed by atoms with E-state index in [1.807, 2.05) is 0 Å². The number of aldehydes is 1.